The fourth-order valence-corrected chi connectivity index (χ4v) is 17.1. The number of carboxylic acids is 2. The van der Waals surface area contributed by atoms with Crippen molar-refractivity contribution in [1.29, 1.82) is 0 Å². The molecule has 0 aromatic heterocycles. The molecule has 138 heavy (non-hydrogen) atoms. The van der Waals surface area contributed by atoms with Crippen LogP contribution in [0.2, 0.25) is 0 Å². The van der Waals surface area contributed by atoms with E-state index in [2.05, 4.69) is 51.6 Å². The maximum absolute atomic E-state index is 15.1. The second-order valence-corrected chi connectivity index (χ2v) is 34.4. The first kappa shape index (κ1) is 105. The summed E-state index contributed by atoms with van der Waals surface area (Å²) in [6.07, 6.45) is -20.9. The first-order valence-electron chi connectivity index (χ1n) is 45.3. The molecule has 4 aromatic carbocycles. The second kappa shape index (κ2) is 48.9. The maximum Gasteiger partial charge on any atom is 0.416 e. The summed E-state index contributed by atoms with van der Waals surface area (Å²) in [5, 5.41) is 119. The summed E-state index contributed by atoms with van der Waals surface area (Å²) < 4.78 is 85.6. The molecule has 19 atom stereocenters. The molecule has 1 unspecified atom stereocenters. The van der Waals surface area contributed by atoms with Crippen LogP contribution >= 0.6 is 0 Å². The molecule has 9 amide bonds. The third kappa shape index (κ3) is 26.3. The number of unbranched alkanes of at least 4 members (excludes halogenated alkanes) is 2. The van der Waals surface area contributed by atoms with Gasteiger partial charge in [-0.1, -0.05) is 56.4 Å². The van der Waals surface area contributed by atoms with Crippen LogP contribution in [0.4, 0.5) is 31.4 Å². The minimum Gasteiger partial charge on any atom is -0.493 e. The molecular weight excluding hydrogens is 1820 g/mol. The third-order valence-electron chi connectivity index (χ3n) is 24.5. The van der Waals surface area contributed by atoms with E-state index in [-0.39, 0.29) is 173 Å². The lowest BCUT2D eigenvalue weighted by molar-refractivity contribution is -0.294. The zero-order chi connectivity index (χ0) is 99.3. The van der Waals surface area contributed by atoms with E-state index < -0.39 is 189 Å². The summed E-state index contributed by atoms with van der Waals surface area (Å²) in [4.78, 5) is 154. The number of anilines is 3. The van der Waals surface area contributed by atoms with Crippen molar-refractivity contribution in [3.63, 3.8) is 0 Å². The summed E-state index contributed by atoms with van der Waals surface area (Å²) in [7, 11) is 2.67. The molecule has 2 aliphatic carbocycles. The van der Waals surface area contributed by atoms with Gasteiger partial charge in [0.25, 0.3) is 17.7 Å². The van der Waals surface area contributed by atoms with Crippen molar-refractivity contribution in [3.05, 3.63) is 119 Å². The van der Waals surface area contributed by atoms with Gasteiger partial charge in [-0.25, -0.2) is 33.8 Å². The number of carbonyl (C=O) groups excluding carboxylic acids is 9. The van der Waals surface area contributed by atoms with Gasteiger partial charge in [-0.15, -0.1) is 11.8 Å². The van der Waals surface area contributed by atoms with Crippen LogP contribution in [0, 0.1) is 35.5 Å². The van der Waals surface area contributed by atoms with Crippen molar-refractivity contribution < 1.29 is 175 Å². The van der Waals surface area contributed by atoms with Gasteiger partial charge in [0.2, 0.25) is 24.0 Å². The van der Waals surface area contributed by atoms with Gasteiger partial charge in [-0.05, 0) is 111 Å². The zero-order valence-electron chi connectivity index (χ0n) is 76.8. The number of fused-ring (bicyclic) bond motifs is 5. The average Bonchev–Trinajstić information content (AvgIpc) is 1.60. The molecule has 45 nitrogen and oxygen atoms in total. The number of aliphatic hydroxyl groups excluding tert-OH is 8. The number of carboxylic acid groups (broad SMARTS) is 2. The fraction of sp³-hybridized carbons (Fsp3) is 0.559. The van der Waals surface area contributed by atoms with Crippen LogP contribution < -0.4 is 60.1 Å². The topological polar surface area (TPSA) is 602 Å². The molecule has 752 valence electrons. The number of aliphatic carboxylic acids is 2. The number of rotatable bonds is 45. The van der Waals surface area contributed by atoms with Crippen molar-refractivity contribution in [1.82, 2.24) is 31.1 Å². The minimum atomic E-state index is -2.12. The molecule has 8 aliphatic rings. The summed E-state index contributed by atoms with van der Waals surface area (Å²) >= 11 is 0. The standard InChI is InChI=1S/C93H119N9O36/c1-48(2)71(96-51(5)103)82(112)98-62(47-132-89-76(108)72(104)74(106)78(137-89)87(117)118)81(111)97-54-20-19-53(58(37-54)80(110)94-23-27-126-29-31-128-33-34-129-32-30-127-28-24-95-91(121)133-46-61-56-15-11-8-9-12-16-57(56)61)45-135-93(123)102-64-41-70(68(125-7)39-60(64)84(114)100-43-50(4)36-66(100)86(102)116)131-26-14-10-13-25-130-69-40-63-59(38-67(69)124-6)83(113)99-42-49(3)35-65(99)85(115)101(63)92(122)134-44-52-17-21-55(22-18-52)136-90-77(109)73(105)75(107)79(138-90)88(119)120/h17-22,37-41,48,56-57,61-62,65-66,71-79,85-86,89-90,104-109,115-116H,3-4,10-16,23-36,42-47H2,1-2,5-7H3,(H,94,110)(H,95,121)(H,96,103)(H,97,111)(H,98,112)(H,117,118)(H,119,120)/t56-,57+,61?,62-,65-,66-,71-,72-,73-,74-,75-,76+,77+,78-,79-,85-,86-,89+,90+/m0/s1. The minimum absolute atomic E-state index is 0.00387. The Labute approximate surface area is 793 Å². The van der Waals surface area contributed by atoms with Crippen LogP contribution in [0.1, 0.15) is 121 Å². The summed E-state index contributed by atoms with van der Waals surface area (Å²) in [5.74, 6) is -0.380. The van der Waals surface area contributed by atoms with Gasteiger partial charge >= 0.3 is 30.2 Å². The lowest BCUT2D eigenvalue weighted by atomic mass is 9.99. The molecular formula is C93H119N9O36. The predicted octanol–water partition coefficient (Wildman–Crippen LogP) is 1.55. The summed E-state index contributed by atoms with van der Waals surface area (Å²) in [5.41, 5.74) is 0.741. The molecule has 6 aliphatic heterocycles. The Bertz CT molecular complexity index is 5070. The number of nitrogens with one attached hydrogen (secondary N) is 5. The van der Waals surface area contributed by atoms with E-state index in [0.29, 0.717) is 60.3 Å². The molecule has 15 N–H and O–H groups in total. The predicted molar refractivity (Wildman–Crippen MR) is 478 cm³/mol. The number of amides is 9. The smallest absolute Gasteiger partial charge is 0.416 e. The van der Waals surface area contributed by atoms with E-state index in [1.54, 1.807) is 13.8 Å². The lowest BCUT2D eigenvalue weighted by Crippen LogP contribution is -2.61. The molecule has 12 rings (SSSR count). The van der Waals surface area contributed by atoms with Gasteiger partial charge in [0, 0.05) is 74.9 Å². The van der Waals surface area contributed by atoms with E-state index in [0.717, 1.165) is 42.4 Å². The van der Waals surface area contributed by atoms with E-state index in [4.69, 9.17) is 71.1 Å². The fourth-order valence-electron chi connectivity index (χ4n) is 17.1. The van der Waals surface area contributed by atoms with E-state index in [1.807, 2.05) is 0 Å². The SMILES string of the molecule is C=C1C[C@H]2[C@H](O)N(C(=O)OCc3ccc(O[C@@H]4O[C@H](C(=O)O)[C@@H](O)[C@H](O)[C@H]4O)cc3)c3cc(OCCCCCOc4cc5c(cc4OC)C(=O)N4CC(=C)C[C@H]4[C@H](O)N5C(=O)OCc4ccc(NC(=O)[C@H](CO[C@@H]5O[C@H](C(=O)O)[C@@H](O)[C@H](O)[C@H]5O)NC(=O)[C@@H](NC(C)=O)C(C)C)cc4C(=O)NCCOCCOCCOCCOCCNC(=O)OCC4[C@H]5CCC#CCC[C@@H]45)c(OC)cc3C(=O)N2C1. The number of ether oxygens (including phenoxy) is 15. The Morgan fingerprint density at radius 3 is 1.54 bits per heavy atom. The molecule has 5 fully saturated rings. The highest BCUT2D eigenvalue weighted by Crippen LogP contribution is 2.53. The summed E-state index contributed by atoms with van der Waals surface area (Å²) in [6.45, 7) is 12.3. The normalized spacial score (nSPS) is 25.1. The van der Waals surface area contributed by atoms with Gasteiger partial charge in [0.1, 0.15) is 67.7 Å². The first-order valence-corrected chi connectivity index (χ1v) is 45.3. The van der Waals surface area contributed by atoms with Crippen molar-refractivity contribution in [2.45, 2.75) is 190 Å². The number of methoxy groups -OCH3 is 2. The largest absolute Gasteiger partial charge is 0.493 e. The van der Waals surface area contributed by atoms with Gasteiger partial charge in [0.05, 0.1) is 128 Å². The van der Waals surface area contributed by atoms with Gasteiger partial charge in [-0.2, -0.15) is 0 Å². The van der Waals surface area contributed by atoms with Crippen LogP contribution in [0.3, 0.4) is 0 Å². The van der Waals surface area contributed by atoms with Crippen LogP contribution in [0.5, 0.6) is 28.7 Å². The number of hydrogen-bond donors (Lipinski definition) is 15. The number of hydrogen-bond acceptors (Lipinski definition) is 34. The molecule has 0 radical (unpaired) electrons. The van der Waals surface area contributed by atoms with E-state index >= 15 is 4.79 Å². The Hall–Kier alpha value is -12.1. The van der Waals surface area contributed by atoms with Crippen LogP contribution in [0.25, 0.3) is 0 Å². The summed E-state index contributed by atoms with van der Waals surface area (Å²) in [6, 6.07) is 9.83. The molecule has 0 bridgehead atoms. The van der Waals surface area contributed by atoms with Crippen molar-refractivity contribution in [3.8, 4) is 40.6 Å². The monoisotopic (exact) mass is 1940 g/mol. The third-order valence-corrected chi connectivity index (χ3v) is 24.5. The number of carbonyl (C=O) groups is 11. The Morgan fingerprint density at radius 1 is 0.543 bits per heavy atom. The molecule has 4 saturated heterocycles. The Kier molecular flexibility index (Phi) is 37.2. The molecule has 1 saturated carbocycles. The highest BCUT2D eigenvalue weighted by Gasteiger charge is 2.53. The molecule has 0 spiro atoms. The second-order valence-electron chi connectivity index (χ2n) is 34.4. The van der Waals surface area contributed by atoms with Crippen LogP contribution in [0.15, 0.2) is 91.0 Å². The number of alkyl carbamates (subject to hydrolysis) is 1. The van der Waals surface area contributed by atoms with Crippen molar-refractivity contribution in [2.75, 3.05) is 135 Å². The van der Waals surface area contributed by atoms with Gasteiger partial charge in [-0.3, -0.25) is 28.8 Å². The maximum atomic E-state index is 15.1. The Balaban J connectivity index is 0.688. The van der Waals surface area contributed by atoms with Gasteiger partial charge < -0.3 is 159 Å². The van der Waals surface area contributed by atoms with Crippen LogP contribution in [-0.2, 0) is 84.6 Å². The first-order chi connectivity index (χ1) is 66.2. The quantitative estimate of drug-likeness (QED) is 0.0129. The molecule has 6 heterocycles. The van der Waals surface area contributed by atoms with E-state index in [9.17, 15) is 99.0 Å². The number of aliphatic hydroxyl groups is 8. The van der Waals surface area contributed by atoms with Crippen LogP contribution in [-0.4, -0.2) is 344 Å². The number of benzene rings is 4. The lowest BCUT2D eigenvalue weighted by Gasteiger charge is -2.38. The van der Waals surface area contributed by atoms with Crippen molar-refractivity contribution in [2.24, 2.45) is 23.7 Å². The van der Waals surface area contributed by atoms with Gasteiger partial charge in [0.15, 0.2) is 54.0 Å². The molecule has 45 heteroatoms. The Morgan fingerprint density at radius 2 is 1.04 bits per heavy atom. The highest BCUT2D eigenvalue weighted by atomic mass is 16.7. The van der Waals surface area contributed by atoms with E-state index in [1.165, 1.54) is 90.7 Å². The average molecular weight is 1940 g/mol. The van der Waals surface area contributed by atoms with Crippen molar-refractivity contribution >= 4 is 82.7 Å². The molecule has 4 aromatic rings. The zero-order valence-corrected chi connectivity index (χ0v) is 76.8. The number of nitrogens with zero attached hydrogens (tertiary/aromatic N) is 4. The highest BCUT2D eigenvalue weighted by molar-refractivity contribution is 6.08.